The van der Waals surface area contributed by atoms with Crippen LogP contribution in [0.4, 0.5) is 0 Å². The second kappa shape index (κ2) is 9.17. The van der Waals surface area contributed by atoms with Crippen LogP contribution in [0.2, 0.25) is 0 Å². The number of sulfonamides is 1. The van der Waals surface area contributed by atoms with Gasteiger partial charge in [0.25, 0.3) is 0 Å². The number of nitrogens with one attached hydrogen (secondary N) is 1. The van der Waals surface area contributed by atoms with E-state index in [0.29, 0.717) is 25.9 Å². The molecule has 0 unspecified atom stereocenters. The Balaban J connectivity index is 1.47. The van der Waals surface area contributed by atoms with E-state index in [2.05, 4.69) is 5.32 Å². The molecule has 7 nitrogen and oxygen atoms in total. The zero-order chi connectivity index (χ0) is 21.8. The van der Waals surface area contributed by atoms with Crippen LogP contribution in [0.3, 0.4) is 0 Å². The van der Waals surface area contributed by atoms with E-state index >= 15 is 0 Å². The molecule has 0 radical (unpaired) electrons. The molecule has 31 heavy (non-hydrogen) atoms. The van der Waals surface area contributed by atoms with Gasteiger partial charge < -0.3 is 5.32 Å². The van der Waals surface area contributed by atoms with Crippen molar-refractivity contribution >= 4 is 33.3 Å². The minimum atomic E-state index is -3.17. The SMILES string of the molecule is CS(=O)(=O)N1CCC(NC(=O)/C=C/c2cn(-c3ccccc3)nc2-c2cccs2)CC1. The summed E-state index contributed by atoms with van der Waals surface area (Å²) in [5.74, 6) is -0.192. The molecule has 0 saturated carbocycles. The maximum atomic E-state index is 12.5. The number of carbonyl (C=O) groups excluding carboxylic acids is 1. The predicted molar refractivity (Wildman–Crippen MR) is 123 cm³/mol. The zero-order valence-corrected chi connectivity index (χ0v) is 18.8. The third-order valence-electron chi connectivity index (χ3n) is 5.20. The number of thiophene rings is 1. The van der Waals surface area contributed by atoms with Crippen molar-refractivity contribution in [1.29, 1.82) is 0 Å². The Hall–Kier alpha value is -2.75. The second-order valence-electron chi connectivity index (χ2n) is 7.47. The molecule has 3 aromatic rings. The molecule has 3 heterocycles. The summed E-state index contributed by atoms with van der Waals surface area (Å²) in [6.07, 6.45) is 7.65. The molecular formula is C22H24N4O3S2. The molecule has 1 aliphatic heterocycles. The largest absolute Gasteiger partial charge is 0.350 e. The summed E-state index contributed by atoms with van der Waals surface area (Å²) in [5, 5.41) is 9.71. The molecule has 0 aliphatic carbocycles. The lowest BCUT2D eigenvalue weighted by molar-refractivity contribution is -0.117. The fourth-order valence-corrected chi connectivity index (χ4v) is 5.18. The van der Waals surface area contributed by atoms with E-state index in [9.17, 15) is 13.2 Å². The van der Waals surface area contributed by atoms with Crippen LogP contribution >= 0.6 is 11.3 Å². The maximum absolute atomic E-state index is 12.5. The smallest absolute Gasteiger partial charge is 0.244 e. The Kier molecular flexibility index (Phi) is 6.35. The summed E-state index contributed by atoms with van der Waals surface area (Å²) in [6, 6.07) is 13.8. The first-order chi connectivity index (χ1) is 14.9. The summed E-state index contributed by atoms with van der Waals surface area (Å²) >= 11 is 1.60. The van der Waals surface area contributed by atoms with Gasteiger partial charge in [-0.15, -0.1) is 11.3 Å². The van der Waals surface area contributed by atoms with Crippen molar-refractivity contribution in [2.45, 2.75) is 18.9 Å². The Bertz CT molecular complexity index is 1160. The number of nitrogens with zero attached hydrogens (tertiary/aromatic N) is 3. The lowest BCUT2D eigenvalue weighted by Gasteiger charge is -2.30. The van der Waals surface area contributed by atoms with Gasteiger partial charge in [-0.1, -0.05) is 24.3 Å². The highest BCUT2D eigenvalue weighted by atomic mass is 32.2. The van der Waals surface area contributed by atoms with Gasteiger partial charge in [0.2, 0.25) is 15.9 Å². The molecule has 1 amide bonds. The summed E-state index contributed by atoms with van der Waals surface area (Å²) < 4.78 is 26.5. The minimum absolute atomic E-state index is 0.0287. The van der Waals surface area contributed by atoms with Crippen LogP contribution in [0, 0.1) is 0 Å². The first-order valence-electron chi connectivity index (χ1n) is 10.0. The molecule has 1 fully saturated rings. The molecule has 4 rings (SSSR count). The van der Waals surface area contributed by atoms with E-state index in [1.165, 1.54) is 16.6 Å². The second-order valence-corrected chi connectivity index (χ2v) is 10.4. The van der Waals surface area contributed by atoms with Crippen molar-refractivity contribution in [1.82, 2.24) is 19.4 Å². The normalized spacial score (nSPS) is 16.0. The molecular weight excluding hydrogens is 432 g/mol. The third-order valence-corrected chi connectivity index (χ3v) is 7.38. The van der Waals surface area contributed by atoms with Crippen molar-refractivity contribution in [2.24, 2.45) is 0 Å². The first kappa shape index (κ1) is 21.5. The van der Waals surface area contributed by atoms with Crippen molar-refractivity contribution in [3.63, 3.8) is 0 Å². The van der Waals surface area contributed by atoms with Gasteiger partial charge in [0.1, 0.15) is 5.69 Å². The van der Waals surface area contributed by atoms with E-state index in [0.717, 1.165) is 21.8 Å². The van der Waals surface area contributed by atoms with Crippen molar-refractivity contribution < 1.29 is 13.2 Å². The molecule has 0 atom stereocenters. The number of benzene rings is 1. The molecule has 1 aliphatic rings. The van der Waals surface area contributed by atoms with Crippen molar-refractivity contribution in [2.75, 3.05) is 19.3 Å². The fourth-order valence-electron chi connectivity index (χ4n) is 3.57. The lowest BCUT2D eigenvalue weighted by Crippen LogP contribution is -2.45. The monoisotopic (exact) mass is 456 g/mol. The number of para-hydroxylation sites is 1. The summed E-state index contributed by atoms with van der Waals surface area (Å²) in [5.41, 5.74) is 2.62. The highest BCUT2D eigenvalue weighted by Gasteiger charge is 2.25. The molecule has 1 saturated heterocycles. The molecule has 1 N–H and O–H groups in total. The Morgan fingerprint density at radius 1 is 1.16 bits per heavy atom. The number of rotatable bonds is 6. The quantitative estimate of drug-likeness (QED) is 0.578. The minimum Gasteiger partial charge on any atom is -0.350 e. The molecule has 162 valence electrons. The first-order valence-corrected chi connectivity index (χ1v) is 12.8. The summed E-state index contributed by atoms with van der Waals surface area (Å²) in [4.78, 5) is 13.5. The van der Waals surface area contributed by atoms with E-state index in [4.69, 9.17) is 5.10 Å². The number of aromatic nitrogens is 2. The van der Waals surface area contributed by atoms with Crippen molar-refractivity contribution in [3.8, 4) is 16.3 Å². The topological polar surface area (TPSA) is 84.3 Å². The van der Waals surface area contributed by atoms with Gasteiger partial charge in [0.15, 0.2) is 0 Å². The van der Waals surface area contributed by atoms with Crippen molar-refractivity contribution in [3.05, 3.63) is 65.7 Å². The van der Waals surface area contributed by atoms with Crippen LogP contribution in [0.25, 0.3) is 22.3 Å². The standard InChI is InChI=1S/C22H24N4O3S2/c1-31(28,29)25-13-11-18(12-14-25)23-21(27)10-9-17-16-26(19-6-3-2-4-7-19)24-22(17)20-8-5-15-30-20/h2-10,15-16,18H,11-14H2,1H3,(H,23,27)/b10-9+. The highest BCUT2D eigenvalue weighted by Crippen LogP contribution is 2.28. The lowest BCUT2D eigenvalue weighted by atomic mass is 10.1. The van der Waals surface area contributed by atoms with Gasteiger partial charge in [-0.05, 0) is 42.5 Å². The number of amides is 1. The fraction of sp³-hybridized carbons (Fsp3) is 0.273. The van der Waals surface area contributed by atoms with Crippen LogP contribution < -0.4 is 5.32 Å². The Morgan fingerprint density at radius 2 is 1.90 bits per heavy atom. The Labute approximate surface area is 186 Å². The molecule has 2 aromatic heterocycles. The van der Waals surface area contributed by atoms with Crippen LogP contribution in [0.5, 0.6) is 0 Å². The summed E-state index contributed by atoms with van der Waals surface area (Å²) in [7, 11) is -3.17. The molecule has 9 heteroatoms. The van der Waals surface area contributed by atoms with Gasteiger partial charge in [-0.25, -0.2) is 17.4 Å². The molecule has 0 spiro atoms. The van der Waals surface area contributed by atoms with Crippen LogP contribution in [0.15, 0.2) is 60.1 Å². The maximum Gasteiger partial charge on any atom is 0.244 e. The van der Waals surface area contributed by atoms with Gasteiger partial charge in [-0.2, -0.15) is 5.10 Å². The van der Waals surface area contributed by atoms with E-state index in [-0.39, 0.29) is 11.9 Å². The van der Waals surface area contributed by atoms with E-state index < -0.39 is 10.0 Å². The van der Waals surface area contributed by atoms with Crippen LogP contribution in [-0.2, 0) is 14.8 Å². The van der Waals surface area contributed by atoms with Gasteiger partial charge >= 0.3 is 0 Å². The predicted octanol–water partition coefficient (Wildman–Crippen LogP) is 3.15. The van der Waals surface area contributed by atoms with Crippen LogP contribution in [0.1, 0.15) is 18.4 Å². The molecule has 1 aromatic carbocycles. The summed E-state index contributed by atoms with van der Waals surface area (Å²) in [6.45, 7) is 0.861. The third kappa shape index (κ3) is 5.30. The van der Waals surface area contributed by atoms with Crippen LogP contribution in [-0.4, -0.2) is 53.8 Å². The van der Waals surface area contributed by atoms with Gasteiger partial charge in [-0.3, -0.25) is 4.79 Å². The van der Waals surface area contributed by atoms with Gasteiger partial charge in [0.05, 0.1) is 16.8 Å². The van der Waals surface area contributed by atoms with E-state index in [1.54, 1.807) is 17.4 Å². The number of piperidine rings is 1. The number of carbonyl (C=O) groups is 1. The average Bonchev–Trinajstić information content (AvgIpc) is 3.42. The van der Waals surface area contributed by atoms with E-state index in [1.807, 2.05) is 58.7 Å². The Morgan fingerprint density at radius 3 is 2.55 bits per heavy atom. The average molecular weight is 457 g/mol. The number of hydrogen-bond acceptors (Lipinski definition) is 5. The highest BCUT2D eigenvalue weighted by molar-refractivity contribution is 7.88. The van der Waals surface area contributed by atoms with Gasteiger partial charge in [0, 0.05) is 37.0 Å². The molecule has 0 bridgehead atoms. The zero-order valence-electron chi connectivity index (χ0n) is 17.1. The number of hydrogen-bond donors (Lipinski definition) is 1.